The van der Waals surface area contributed by atoms with Crippen LogP contribution in [-0.2, 0) is 21.4 Å². The zero-order valence-corrected chi connectivity index (χ0v) is 12.6. The molecule has 0 aliphatic carbocycles. The van der Waals surface area contributed by atoms with Gasteiger partial charge in [-0.3, -0.25) is 0 Å². The van der Waals surface area contributed by atoms with E-state index in [4.69, 9.17) is 4.74 Å². The number of sulfonamides is 1. The van der Waals surface area contributed by atoms with E-state index in [-0.39, 0.29) is 12.3 Å². The van der Waals surface area contributed by atoms with Crippen LogP contribution in [0, 0.1) is 5.82 Å². The van der Waals surface area contributed by atoms with Crippen LogP contribution in [0.3, 0.4) is 0 Å². The summed E-state index contributed by atoms with van der Waals surface area (Å²) < 4.78 is 42.6. The zero-order chi connectivity index (χ0) is 16.2. The largest absolute Gasteiger partial charge is 0.444 e. The fourth-order valence-corrected chi connectivity index (χ4v) is 2.64. The first-order valence-corrected chi connectivity index (χ1v) is 8.20. The number of carbonyl (C=O) groups excluding carboxylic acids is 1. The zero-order valence-electron chi connectivity index (χ0n) is 11.8. The topological polar surface area (TPSA) is 63.7 Å². The Hall–Kier alpha value is -2.41. The van der Waals surface area contributed by atoms with Gasteiger partial charge in [0.1, 0.15) is 12.4 Å². The number of rotatable bonds is 4. The van der Waals surface area contributed by atoms with E-state index in [1.807, 2.05) is 0 Å². The fraction of sp³-hybridized carbons (Fsp3) is 0.133. The van der Waals surface area contributed by atoms with Crippen molar-refractivity contribution >= 4 is 21.8 Å². The highest BCUT2D eigenvalue weighted by molar-refractivity contribution is 7.92. The highest BCUT2D eigenvalue weighted by Crippen LogP contribution is 2.22. The van der Waals surface area contributed by atoms with E-state index in [1.165, 1.54) is 18.2 Å². The Balaban J connectivity index is 2.24. The van der Waals surface area contributed by atoms with Crippen LogP contribution in [0.2, 0.25) is 0 Å². The minimum atomic E-state index is -4.03. The SMILES string of the molecule is CS(=O)(=O)N(C(=O)OCc1ccccc1)c1ccccc1F. The summed E-state index contributed by atoms with van der Waals surface area (Å²) >= 11 is 0. The summed E-state index contributed by atoms with van der Waals surface area (Å²) in [6, 6.07) is 13.9. The highest BCUT2D eigenvalue weighted by Gasteiger charge is 2.29. The van der Waals surface area contributed by atoms with E-state index in [0.29, 0.717) is 9.87 Å². The molecule has 2 aromatic carbocycles. The third-order valence-electron chi connectivity index (χ3n) is 2.77. The summed E-state index contributed by atoms with van der Waals surface area (Å²) in [6.07, 6.45) is -0.347. The lowest BCUT2D eigenvalue weighted by molar-refractivity contribution is 0.151. The molecule has 0 heterocycles. The molecule has 1 amide bonds. The number of benzene rings is 2. The first-order valence-electron chi connectivity index (χ1n) is 6.35. The van der Waals surface area contributed by atoms with E-state index in [1.54, 1.807) is 30.3 Å². The highest BCUT2D eigenvalue weighted by atomic mass is 32.2. The molecule has 0 atom stereocenters. The minimum absolute atomic E-state index is 0.111. The summed E-state index contributed by atoms with van der Waals surface area (Å²) in [7, 11) is -4.03. The lowest BCUT2D eigenvalue weighted by Crippen LogP contribution is -2.37. The second-order valence-electron chi connectivity index (χ2n) is 4.52. The summed E-state index contributed by atoms with van der Waals surface area (Å²) in [6.45, 7) is -0.111. The average molecular weight is 323 g/mol. The molecule has 0 fully saturated rings. The smallest absolute Gasteiger partial charge is 0.428 e. The van der Waals surface area contributed by atoms with E-state index in [2.05, 4.69) is 0 Å². The number of ether oxygens (including phenoxy) is 1. The summed E-state index contributed by atoms with van der Waals surface area (Å²) in [4.78, 5) is 12.1. The van der Waals surface area contributed by atoms with Crippen molar-refractivity contribution < 1.29 is 22.3 Å². The van der Waals surface area contributed by atoms with Crippen LogP contribution in [0.4, 0.5) is 14.9 Å². The molecule has 0 saturated heterocycles. The number of halogens is 1. The third kappa shape index (κ3) is 3.82. The van der Waals surface area contributed by atoms with Gasteiger partial charge in [-0.2, -0.15) is 4.31 Å². The number of hydrogen-bond donors (Lipinski definition) is 0. The van der Waals surface area contributed by atoms with Crippen molar-refractivity contribution in [1.82, 2.24) is 0 Å². The van der Waals surface area contributed by atoms with E-state index >= 15 is 0 Å². The molecule has 22 heavy (non-hydrogen) atoms. The Kier molecular flexibility index (Phi) is 4.77. The molecule has 2 aromatic rings. The van der Waals surface area contributed by atoms with Crippen molar-refractivity contribution in [3.05, 3.63) is 66.0 Å². The quantitative estimate of drug-likeness (QED) is 0.868. The van der Waals surface area contributed by atoms with Crippen LogP contribution in [0.5, 0.6) is 0 Å². The van der Waals surface area contributed by atoms with Gasteiger partial charge in [-0.05, 0) is 17.7 Å². The van der Waals surface area contributed by atoms with Crippen molar-refractivity contribution in [2.75, 3.05) is 10.6 Å². The van der Waals surface area contributed by atoms with E-state index in [0.717, 1.165) is 12.3 Å². The number of nitrogens with zero attached hydrogens (tertiary/aromatic N) is 1. The van der Waals surface area contributed by atoms with Gasteiger partial charge >= 0.3 is 6.09 Å². The maximum atomic E-state index is 13.8. The van der Waals surface area contributed by atoms with Crippen LogP contribution in [0.1, 0.15) is 5.56 Å². The molecule has 0 bridgehead atoms. The molecule has 5 nitrogen and oxygen atoms in total. The number of para-hydroxylation sites is 1. The van der Waals surface area contributed by atoms with Crippen LogP contribution in [0.15, 0.2) is 54.6 Å². The molecule has 7 heteroatoms. The maximum absolute atomic E-state index is 13.8. The standard InChI is InChI=1S/C15H14FNO4S/c1-22(19,20)17(14-10-6-5-9-13(14)16)15(18)21-11-12-7-3-2-4-8-12/h2-10H,11H2,1H3. The molecule has 0 spiro atoms. The van der Waals surface area contributed by atoms with Gasteiger partial charge in [-0.1, -0.05) is 42.5 Å². The minimum Gasteiger partial charge on any atom is -0.444 e. The van der Waals surface area contributed by atoms with E-state index < -0.39 is 21.9 Å². The maximum Gasteiger partial charge on any atom is 0.428 e. The molecule has 0 aliphatic rings. The normalized spacial score (nSPS) is 11.0. The van der Waals surface area contributed by atoms with Gasteiger partial charge in [0.05, 0.1) is 11.9 Å². The Morgan fingerprint density at radius 2 is 1.68 bits per heavy atom. The number of anilines is 1. The van der Waals surface area contributed by atoms with Crippen molar-refractivity contribution in [2.45, 2.75) is 6.61 Å². The van der Waals surface area contributed by atoms with Gasteiger partial charge in [-0.15, -0.1) is 0 Å². The predicted molar refractivity (Wildman–Crippen MR) is 80.3 cm³/mol. The molecular formula is C15H14FNO4S. The molecule has 0 unspecified atom stereocenters. The Morgan fingerprint density at radius 3 is 2.27 bits per heavy atom. The van der Waals surface area contributed by atoms with Crippen LogP contribution >= 0.6 is 0 Å². The summed E-state index contributed by atoms with van der Waals surface area (Å²) in [5.74, 6) is -0.829. The van der Waals surface area contributed by atoms with Crippen molar-refractivity contribution in [3.63, 3.8) is 0 Å². The first kappa shape index (κ1) is 16.0. The average Bonchev–Trinajstić information content (AvgIpc) is 2.47. The summed E-state index contributed by atoms with van der Waals surface area (Å²) in [5, 5.41) is 0. The van der Waals surface area contributed by atoms with Crippen molar-refractivity contribution in [1.29, 1.82) is 0 Å². The predicted octanol–water partition coefficient (Wildman–Crippen LogP) is 2.93. The molecule has 116 valence electrons. The fourth-order valence-electron chi connectivity index (χ4n) is 1.81. The molecule has 2 rings (SSSR count). The molecule has 0 N–H and O–H groups in total. The Morgan fingerprint density at radius 1 is 1.09 bits per heavy atom. The molecule has 0 aliphatic heterocycles. The van der Waals surface area contributed by atoms with Crippen LogP contribution < -0.4 is 4.31 Å². The number of amides is 1. The van der Waals surface area contributed by atoms with Gasteiger partial charge in [0, 0.05) is 0 Å². The number of carbonyl (C=O) groups is 1. The first-order chi connectivity index (χ1) is 10.4. The van der Waals surface area contributed by atoms with Gasteiger partial charge in [0.2, 0.25) is 10.0 Å². The van der Waals surface area contributed by atoms with Gasteiger partial charge in [0.25, 0.3) is 0 Å². The van der Waals surface area contributed by atoms with Crippen molar-refractivity contribution in [2.24, 2.45) is 0 Å². The van der Waals surface area contributed by atoms with Gasteiger partial charge in [-0.25, -0.2) is 17.6 Å². The number of hydrogen-bond acceptors (Lipinski definition) is 4. The Labute approximate surface area is 128 Å². The second kappa shape index (κ2) is 6.57. The van der Waals surface area contributed by atoms with Gasteiger partial charge in [0.15, 0.2) is 0 Å². The molecule has 0 aromatic heterocycles. The van der Waals surface area contributed by atoms with Crippen LogP contribution in [-0.4, -0.2) is 20.8 Å². The van der Waals surface area contributed by atoms with Gasteiger partial charge < -0.3 is 4.74 Å². The molecular weight excluding hydrogens is 309 g/mol. The Bertz CT molecular complexity index is 762. The lowest BCUT2D eigenvalue weighted by Gasteiger charge is -2.20. The molecule has 0 saturated carbocycles. The lowest BCUT2D eigenvalue weighted by atomic mass is 10.2. The monoisotopic (exact) mass is 323 g/mol. The van der Waals surface area contributed by atoms with Crippen molar-refractivity contribution in [3.8, 4) is 0 Å². The second-order valence-corrected chi connectivity index (χ2v) is 6.35. The van der Waals surface area contributed by atoms with E-state index in [9.17, 15) is 17.6 Å². The summed E-state index contributed by atoms with van der Waals surface area (Å²) in [5.41, 5.74) is 0.320. The third-order valence-corrected chi connectivity index (χ3v) is 3.78. The van der Waals surface area contributed by atoms with Crippen LogP contribution in [0.25, 0.3) is 0 Å². The molecule has 0 radical (unpaired) electrons.